The van der Waals surface area contributed by atoms with Gasteiger partial charge < -0.3 is 0 Å². The molecule has 0 fully saturated rings. The van der Waals surface area contributed by atoms with E-state index < -0.39 is 0 Å². The standard InChI is InChI=1S/C9H8Br2O/c1-6-3-2-4-7(5-6)8(12)9(10)11/h2-5,9H,1H3. The first-order valence-electron chi connectivity index (χ1n) is 3.50. The lowest BCUT2D eigenvalue weighted by Crippen LogP contribution is -2.06. The van der Waals surface area contributed by atoms with E-state index in [1.54, 1.807) is 0 Å². The highest BCUT2D eigenvalue weighted by atomic mass is 79.9. The quantitative estimate of drug-likeness (QED) is 0.604. The van der Waals surface area contributed by atoms with Crippen LogP contribution < -0.4 is 0 Å². The zero-order chi connectivity index (χ0) is 9.14. The van der Waals surface area contributed by atoms with Gasteiger partial charge >= 0.3 is 0 Å². The van der Waals surface area contributed by atoms with Crippen LogP contribution in [0, 0.1) is 6.92 Å². The zero-order valence-corrected chi connectivity index (χ0v) is 9.72. The summed E-state index contributed by atoms with van der Waals surface area (Å²) in [4.78, 5) is 11.4. The lowest BCUT2D eigenvalue weighted by atomic mass is 10.1. The second kappa shape index (κ2) is 4.19. The van der Waals surface area contributed by atoms with Crippen molar-refractivity contribution in [1.82, 2.24) is 0 Å². The van der Waals surface area contributed by atoms with Crippen molar-refractivity contribution < 1.29 is 4.79 Å². The first kappa shape index (κ1) is 9.93. The number of hydrogen-bond donors (Lipinski definition) is 0. The van der Waals surface area contributed by atoms with Crippen molar-refractivity contribution in [1.29, 1.82) is 0 Å². The van der Waals surface area contributed by atoms with E-state index in [4.69, 9.17) is 0 Å². The summed E-state index contributed by atoms with van der Waals surface area (Å²) in [5.74, 6) is 0.0544. The fourth-order valence-corrected chi connectivity index (χ4v) is 1.45. The van der Waals surface area contributed by atoms with E-state index in [0.29, 0.717) is 0 Å². The van der Waals surface area contributed by atoms with Crippen LogP contribution in [-0.2, 0) is 0 Å². The van der Waals surface area contributed by atoms with Gasteiger partial charge in [0, 0.05) is 5.56 Å². The molecule has 64 valence electrons. The van der Waals surface area contributed by atoms with Gasteiger partial charge in [-0.2, -0.15) is 0 Å². The number of ketones is 1. The molecule has 3 heteroatoms. The molecule has 0 amide bonds. The van der Waals surface area contributed by atoms with Gasteiger partial charge in [0.2, 0.25) is 0 Å². The Morgan fingerprint density at radius 2 is 2.08 bits per heavy atom. The maximum atomic E-state index is 11.4. The number of aryl methyl sites for hydroxylation is 1. The van der Waals surface area contributed by atoms with E-state index in [9.17, 15) is 4.79 Å². The third kappa shape index (κ3) is 2.42. The third-order valence-electron chi connectivity index (χ3n) is 1.50. The maximum absolute atomic E-state index is 11.4. The number of hydrogen-bond acceptors (Lipinski definition) is 1. The minimum atomic E-state index is -0.285. The van der Waals surface area contributed by atoms with Crippen molar-refractivity contribution in [2.24, 2.45) is 0 Å². The fraction of sp³-hybridized carbons (Fsp3) is 0.222. The van der Waals surface area contributed by atoms with Gasteiger partial charge in [-0.05, 0) is 13.0 Å². The van der Waals surface area contributed by atoms with Crippen LogP contribution in [0.25, 0.3) is 0 Å². The number of rotatable bonds is 2. The summed E-state index contributed by atoms with van der Waals surface area (Å²) in [6.45, 7) is 1.97. The molecule has 0 spiro atoms. The van der Waals surface area contributed by atoms with Crippen LogP contribution in [0.4, 0.5) is 0 Å². The first-order chi connectivity index (χ1) is 5.61. The van der Waals surface area contributed by atoms with E-state index in [1.807, 2.05) is 31.2 Å². The number of halogens is 2. The molecule has 0 aliphatic rings. The Morgan fingerprint density at radius 3 is 2.58 bits per heavy atom. The topological polar surface area (TPSA) is 17.1 Å². The minimum absolute atomic E-state index is 0.0544. The number of alkyl halides is 2. The molecule has 0 N–H and O–H groups in total. The molecule has 0 aromatic heterocycles. The normalized spacial score (nSPS) is 10.3. The molecule has 0 atom stereocenters. The molecule has 0 aliphatic carbocycles. The molecule has 1 aromatic rings. The van der Waals surface area contributed by atoms with Gasteiger partial charge in [-0.15, -0.1) is 0 Å². The van der Waals surface area contributed by atoms with Crippen LogP contribution in [0.2, 0.25) is 0 Å². The summed E-state index contributed by atoms with van der Waals surface area (Å²) in [7, 11) is 0. The Hall–Kier alpha value is -0.150. The second-order valence-electron chi connectivity index (χ2n) is 2.53. The monoisotopic (exact) mass is 290 g/mol. The summed E-state index contributed by atoms with van der Waals surface area (Å²) >= 11 is 6.34. The average molecular weight is 292 g/mol. The van der Waals surface area contributed by atoms with E-state index in [0.717, 1.165) is 11.1 Å². The highest BCUT2D eigenvalue weighted by molar-refractivity contribution is 9.25. The third-order valence-corrected chi connectivity index (χ3v) is 2.33. The predicted molar refractivity (Wildman–Crippen MR) is 57.2 cm³/mol. The van der Waals surface area contributed by atoms with Crippen LogP contribution in [0.3, 0.4) is 0 Å². The zero-order valence-electron chi connectivity index (χ0n) is 6.55. The van der Waals surface area contributed by atoms with Gasteiger partial charge in [-0.1, -0.05) is 55.6 Å². The number of carbonyl (C=O) groups excluding carboxylic acids is 1. The lowest BCUT2D eigenvalue weighted by molar-refractivity contribution is 0.101. The Bertz CT molecular complexity index is 294. The van der Waals surface area contributed by atoms with Crippen molar-refractivity contribution in [2.75, 3.05) is 0 Å². The summed E-state index contributed by atoms with van der Waals surface area (Å²) in [5, 5.41) is 0. The summed E-state index contributed by atoms with van der Waals surface area (Å²) in [5.41, 5.74) is 1.83. The first-order valence-corrected chi connectivity index (χ1v) is 5.33. The predicted octanol–water partition coefficient (Wildman–Crippen LogP) is 3.29. The van der Waals surface area contributed by atoms with E-state index in [-0.39, 0.29) is 9.52 Å². The van der Waals surface area contributed by atoms with Crippen molar-refractivity contribution in [2.45, 2.75) is 10.7 Å². The summed E-state index contributed by atoms with van der Waals surface area (Å²) in [6.07, 6.45) is 0. The number of carbonyl (C=O) groups is 1. The van der Waals surface area contributed by atoms with Crippen molar-refractivity contribution in [3.63, 3.8) is 0 Å². The molecular formula is C9H8Br2O. The Kier molecular flexibility index (Phi) is 3.47. The van der Waals surface area contributed by atoms with Gasteiger partial charge in [0.15, 0.2) is 5.78 Å². The van der Waals surface area contributed by atoms with E-state index >= 15 is 0 Å². The van der Waals surface area contributed by atoms with E-state index in [1.165, 1.54) is 0 Å². The summed E-state index contributed by atoms with van der Waals surface area (Å²) < 4.78 is -0.285. The van der Waals surface area contributed by atoms with Gasteiger partial charge in [0.05, 0.1) is 0 Å². The summed E-state index contributed by atoms with van der Waals surface area (Å²) in [6, 6.07) is 7.53. The molecule has 0 radical (unpaired) electrons. The molecule has 0 aliphatic heterocycles. The SMILES string of the molecule is Cc1cccc(C(=O)C(Br)Br)c1. The number of Topliss-reactive ketones (excluding diaryl/α,β-unsaturated/α-hetero) is 1. The largest absolute Gasteiger partial charge is 0.292 e. The molecule has 0 heterocycles. The fourth-order valence-electron chi connectivity index (χ4n) is 0.924. The molecule has 0 saturated carbocycles. The van der Waals surface area contributed by atoms with Crippen LogP contribution in [0.15, 0.2) is 24.3 Å². The van der Waals surface area contributed by atoms with Crippen molar-refractivity contribution >= 4 is 37.6 Å². The molecule has 0 unspecified atom stereocenters. The molecule has 0 bridgehead atoms. The molecule has 12 heavy (non-hydrogen) atoms. The van der Waals surface area contributed by atoms with Crippen molar-refractivity contribution in [3.05, 3.63) is 35.4 Å². The molecule has 1 nitrogen and oxygen atoms in total. The van der Waals surface area contributed by atoms with Crippen LogP contribution >= 0.6 is 31.9 Å². The lowest BCUT2D eigenvalue weighted by Gasteiger charge is -2.01. The Balaban J connectivity index is 2.96. The van der Waals surface area contributed by atoms with Gasteiger partial charge in [0.25, 0.3) is 0 Å². The highest BCUT2D eigenvalue weighted by Gasteiger charge is 2.12. The number of benzene rings is 1. The van der Waals surface area contributed by atoms with Crippen LogP contribution in [-0.4, -0.2) is 9.52 Å². The van der Waals surface area contributed by atoms with Crippen LogP contribution in [0.1, 0.15) is 15.9 Å². The molecule has 1 aromatic carbocycles. The Labute approximate surface area is 88.4 Å². The van der Waals surface area contributed by atoms with Crippen LogP contribution in [0.5, 0.6) is 0 Å². The molecular weight excluding hydrogens is 284 g/mol. The highest BCUT2D eigenvalue weighted by Crippen LogP contribution is 2.16. The minimum Gasteiger partial charge on any atom is -0.292 e. The van der Waals surface area contributed by atoms with Crippen molar-refractivity contribution in [3.8, 4) is 0 Å². The van der Waals surface area contributed by atoms with Gasteiger partial charge in [-0.3, -0.25) is 4.79 Å². The molecule has 1 rings (SSSR count). The van der Waals surface area contributed by atoms with Gasteiger partial charge in [0.1, 0.15) is 3.74 Å². The van der Waals surface area contributed by atoms with E-state index in [2.05, 4.69) is 31.9 Å². The smallest absolute Gasteiger partial charge is 0.187 e. The molecule has 0 saturated heterocycles. The maximum Gasteiger partial charge on any atom is 0.187 e. The Morgan fingerprint density at radius 1 is 1.42 bits per heavy atom. The average Bonchev–Trinajstić information content (AvgIpc) is 2.03. The van der Waals surface area contributed by atoms with Gasteiger partial charge in [-0.25, -0.2) is 0 Å². The second-order valence-corrected chi connectivity index (χ2v) is 5.59.